The molecule has 0 aliphatic heterocycles. The SMILES string of the molecule is COc1cc2ncnc(Nc3cc(Br)c(O)c(Br)c3)c2cc1OC.COc1cc2ncnc(Nc3ccc(O)c(Br)c3)c2cc1OC. The number of hydrogen-bond donors (Lipinski definition) is 4. The second kappa shape index (κ2) is 14.9. The number of phenolic OH excluding ortho intramolecular Hbond substituents is 2. The highest BCUT2D eigenvalue weighted by atomic mass is 79.9. The van der Waals surface area contributed by atoms with Crippen molar-refractivity contribution in [2.24, 2.45) is 0 Å². The summed E-state index contributed by atoms with van der Waals surface area (Å²) in [6, 6.07) is 15.9. The van der Waals surface area contributed by atoms with Crippen LogP contribution in [-0.4, -0.2) is 58.6 Å². The van der Waals surface area contributed by atoms with Crippen molar-refractivity contribution in [1.29, 1.82) is 0 Å². The first-order chi connectivity index (χ1) is 22.6. The molecule has 2 heterocycles. The Bertz CT molecular complexity index is 2060. The second-order valence-corrected chi connectivity index (χ2v) is 12.2. The lowest BCUT2D eigenvalue weighted by Crippen LogP contribution is -1.98. The van der Waals surface area contributed by atoms with Crippen molar-refractivity contribution in [3.05, 3.63) is 80.7 Å². The number of aromatic nitrogens is 4. The summed E-state index contributed by atoms with van der Waals surface area (Å²) in [4.78, 5) is 17.1. The van der Waals surface area contributed by atoms with Crippen LogP contribution in [0, 0.1) is 0 Å². The molecule has 0 aliphatic carbocycles. The Morgan fingerprint density at radius 1 is 0.532 bits per heavy atom. The van der Waals surface area contributed by atoms with Gasteiger partial charge >= 0.3 is 0 Å². The molecule has 0 bridgehead atoms. The van der Waals surface area contributed by atoms with E-state index in [1.807, 2.05) is 12.1 Å². The lowest BCUT2D eigenvalue weighted by molar-refractivity contribution is 0.356. The van der Waals surface area contributed by atoms with Crippen LogP contribution in [0.3, 0.4) is 0 Å². The standard InChI is InChI=1S/C16H13Br2N3O3.C16H14BrN3O3/c1-23-13-5-9-12(6-14(13)24-2)19-7-20-16(9)21-8-3-10(17)15(22)11(18)4-8;1-22-14-6-10-12(7-15(14)23-2)18-8-19-16(10)20-9-3-4-13(21)11(17)5-9/h3-7,22H,1-2H3,(H,19,20,21);3-8,21H,1-2H3,(H,18,19,20). The quantitative estimate of drug-likeness (QED) is 0.109. The fourth-order valence-electron chi connectivity index (χ4n) is 4.46. The van der Waals surface area contributed by atoms with Gasteiger partial charge in [0, 0.05) is 34.3 Å². The van der Waals surface area contributed by atoms with Crippen molar-refractivity contribution >= 4 is 92.6 Å². The van der Waals surface area contributed by atoms with Gasteiger partial charge in [-0.05, 0) is 90.3 Å². The molecule has 6 aromatic rings. The van der Waals surface area contributed by atoms with E-state index in [2.05, 4.69) is 78.4 Å². The van der Waals surface area contributed by atoms with Crippen molar-refractivity contribution in [3.63, 3.8) is 0 Å². The highest BCUT2D eigenvalue weighted by Crippen LogP contribution is 2.39. The number of phenols is 2. The van der Waals surface area contributed by atoms with Crippen LogP contribution in [0.25, 0.3) is 21.8 Å². The van der Waals surface area contributed by atoms with Crippen LogP contribution in [-0.2, 0) is 0 Å². The molecule has 0 atom stereocenters. The summed E-state index contributed by atoms with van der Waals surface area (Å²) in [5.41, 5.74) is 2.99. The minimum absolute atomic E-state index is 0.138. The molecular formula is C32H27Br3N6O6. The average molecular weight is 831 g/mol. The maximum absolute atomic E-state index is 9.82. The molecule has 0 spiro atoms. The normalized spacial score (nSPS) is 10.6. The summed E-state index contributed by atoms with van der Waals surface area (Å²) < 4.78 is 23.0. The zero-order valence-electron chi connectivity index (χ0n) is 25.3. The minimum atomic E-state index is 0.138. The molecule has 2 aromatic heterocycles. The molecule has 0 saturated carbocycles. The number of methoxy groups -OCH3 is 4. The Morgan fingerprint density at radius 2 is 0.957 bits per heavy atom. The Labute approximate surface area is 294 Å². The molecule has 12 nitrogen and oxygen atoms in total. The van der Waals surface area contributed by atoms with E-state index in [1.54, 1.807) is 70.9 Å². The molecular weight excluding hydrogens is 804 g/mol. The molecule has 0 saturated heterocycles. The number of ether oxygens (including phenoxy) is 4. The van der Waals surface area contributed by atoms with Crippen LogP contribution in [0.2, 0.25) is 0 Å². The van der Waals surface area contributed by atoms with Crippen LogP contribution in [0.4, 0.5) is 23.0 Å². The van der Waals surface area contributed by atoms with E-state index >= 15 is 0 Å². The summed E-state index contributed by atoms with van der Waals surface area (Å²) >= 11 is 9.92. The Kier molecular flexibility index (Phi) is 10.7. The first kappa shape index (κ1) is 33.8. The van der Waals surface area contributed by atoms with Gasteiger partial charge in [0.25, 0.3) is 0 Å². The van der Waals surface area contributed by atoms with Crippen LogP contribution < -0.4 is 29.6 Å². The minimum Gasteiger partial charge on any atom is -0.507 e. The van der Waals surface area contributed by atoms with E-state index in [1.165, 1.54) is 12.7 Å². The molecule has 6 rings (SSSR count). The van der Waals surface area contributed by atoms with Crippen LogP contribution in [0.1, 0.15) is 0 Å². The number of nitrogens with one attached hydrogen (secondary N) is 2. The molecule has 0 fully saturated rings. The number of rotatable bonds is 8. The van der Waals surface area contributed by atoms with Crippen LogP contribution in [0.5, 0.6) is 34.5 Å². The van der Waals surface area contributed by atoms with Gasteiger partial charge in [0.05, 0.1) is 52.9 Å². The van der Waals surface area contributed by atoms with Gasteiger partial charge < -0.3 is 39.8 Å². The molecule has 242 valence electrons. The molecule has 0 unspecified atom stereocenters. The van der Waals surface area contributed by atoms with Gasteiger partial charge in [0.15, 0.2) is 23.0 Å². The smallest absolute Gasteiger partial charge is 0.162 e. The van der Waals surface area contributed by atoms with Gasteiger partial charge in [-0.1, -0.05) is 0 Å². The summed E-state index contributed by atoms with van der Waals surface area (Å²) in [6.07, 6.45) is 2.95. The summed E-state index contributed by atoms with van der Waals surface area (Å²) in [5, 5.41) is 27.4. The molecule has 4 N–H and O–H groups in total. The zero-order chi connectivity index (χ0) is 33.7. The Balaban J connectivity index is 0.000000185. The third-order valence-corrected chi connectivity index (χ3v) is 8.62. The number of benzene rings is 4. The van der Waals surface area contributed by atoms with E-state index in [0.717, 1.165) is 33.2 Å². The molecule has 15 heteroatoms. The van der Waals surface area contributed by atoms with Crippen molar-refractivity contribution in [3.8, 4) is 34.5 Å². The van der Waals surface area contributed by atoms with E-state index in [-0.39, 0.29) is 11.5 Å². The highest BCUT2D eigenvalue weighted by molar-refractivity contribution is 9.11. The highest BCUT2D eigenvalue weighted by Gasteiger charge is 2.14. The van der Waals surface area contributed by atoms with Crippen LogP contribution in [0.15, 0.2) is 80.7 Å². The molecule has 4 aromatic carbocycles. The molecule has 0 radical (unpaired) electrons. The first-order valence-corrected chi connectivity index (χ1v) is 16.0. The van der Waals surface area contributed by atoms with Crippen molar-refractivity contribution in [2.75, 3.05) is 39.1 Å². The zero-order valence-corrected chi connectivity index (χ0v) is 30.1. The van der Waals surface area contributed by atoms with E-state index in [9.17, 15) is 10.2 Å². The first-order valence-electron chi connectivity index (χ1n) is 13.6. The second-order valence-electron chi connectivity index (χ2n) is 9.60. The van der Waals surface area contributed by atoms with E-state index < -0.39 is 0 Å². The van der Waals surface area contributed by atoms with Crippen molar-refractivity contribution in [1.82, 2.24) is 19.9 Å². The number of fused-ring (bicyclic) bond motifs is 2. The largest absolute Gasteiger partial charge is 0.507 e. The van der Waals surface area contributed by atoms with E-state index in [0.29, 0.717) is 48.1 Å². The Hall–Kier alpha value is -4.60. The van der Waals surface area contributed by atoms with Gasteiger partial charge in [-0.3, -0.25) is 0 Å². The molecule has 0 amide bonds. The van der Waals surface area contributed by atoms with Crippen molar-refractivity contribution < 1.29 is 29.2 Å². The average Bonchev–Trinajstić information content (AvgIpc) is 3.08. The Morgan fingerprint density at radius 3 is 1.40 bits per heavy atom. The van der Waals surface area contributed by atoms with Gasteiger partial charge in [-0.15, -0.1) is 0 Å². The van der Waals surface area contributed by atoms with E-state index in [4.69, 9.17) is 18.9 Å². The molecule has 0 aliphatic rings. The fraction of sp³-hybridized carbons (Fsp3) is 0.125. The fourth-order valence-corrected chi connectivity index (χ4v) is 6.03. The van der Waals surface area contributed by atoms with Gasteiger partial charge in [0.1, 0.15) is 35.8 Å². The molecule has 47 heavy (non-hydrogen) atoms. The topological polar surface area (TPSA) is 153 Å². The van der Waals surface area contributed by atoms with Crippen molar-refractivity contribution in [2.45, 2.75) is 0 Å². The number of anilines is 4. The van der Waals surface area contributed by atoms with Gasteiger partial charge in [0.2, 0.25) is 0 Å². The monoisotopic (exact) mass is 828 g/mol. The maximum atomic E-state index is 9.82. The van der Waals surface area contributed by atoms with Gasteiger partial charge in [-0.2, -0.15) is 0 Å². The lowest BCUT2D eigenvalue weighted by Gasteiger charge is -2.13. The summed E-state index contributed by atoms with van der Waals surface area (Å²) in [6.45, 7) is 0. The van der Waals surface area contributed by atoms with Gasteiger partial charge in [-0.25, -0.2) is 19.9 Å². The maximum Gasteiger partial charge on any atom is 0.162 e. The predicted molar refractivity (Wildman–Crippen MR) is 191 cm³/mol. The predicted octanol–water partition coefficient (Wildman–Crippen LogP) is 8.48. The number of hydrogen-bond acceptors (Lipinski definition) is 12. The summed E-state index contributed by atoms with van der Waals surface area (Å²) in [5.74, 6) is 3.97. The number of halogens is 3. The van der Waals surface area contributed by atoms with Crippen LogP contribution >= 0.6 is 47.8 Å². The third-order valence-electron chi connectivity index (χ3n) is 6.77. The lowest BCUT2D eigenvalue weighted by atomic mass is 10.2. The summed E-state index contributed by atoms with van der Waals surface area (Å²) in [7, 11) is 6.32. The third kappa shape index (κ3) is 7.53. The number of aromatic hydroxyl groups is 2. The number of nitrogens with zero attached hydrogens (tertiary/aromatic N) is 4.